The molecule has 0 saturated heterocycles. The molecule has 0 bridgehead atoms. The predicted octanol–water partition coefficient (Wildman–Crippen LogP) is 4.51. The van der Waals surface area contributed by atoms with Gasteiger partial charge in [-0.25, -0.2) is 0 Å². The quantitative estimate of drug-likeness (QED) is 0.875. The highest BCUT2D eigenvalue weighted by Gasteiger charge is 2.13. The van der Waals surface area contributed by atoms with Crippen molar-refractivity contribution in [1.29, 1.82) is 0 Å². The van der Waals surface area contributed by atoms with E-state index in [9.17, 15) is 0 Å². The number of aromatic nitrogens is 2. The van der Waals surface area contributed by atoms with Gasteiger partial charge in [-0.05, 0) is 39.0 Å². The standard InChI is InChI=1S/C13H15BrClN3S/c1-13(2,3)16-7-11-17-18-12(19-11)9-6-8(15)4-5-10(9)14/h4-6,16H,7H2,1-3H3. The lowest BCUT2D eigenvalue weighted by atomic mass is 10.1. The molecule has 0 aliphatic heterocycles. The molecule has 0 amide bonds. The highest BCUT2D eigenvalue weighted by molar-refractivity contribution is 9.10. The number of hydrogen-bond donors (Lipinski definition) is 1. The first-order valence-corrected chi connectivity index (χ1v) is 7.87. The van der Waals surface area contributed by atoms with Gasteiger partial charge in [0.05, 0.1) is 6.54 Å². The second-order valence-electron chi connectivity index (χ2n) is 5.23. The summed E-state index contributed by atoms with van der Waals surface area (Å²) in [5, 5.41) is 14.4. The molecule has 0 spiro atoms. The van der Waals surface area contributed by atoms with Gasteiger partial charge >= 0.3 is 0 Å². The summed E-state index contributed by atoms with van der Waals surface area (Å²) in [6.45, 7) is 7.10. The molecule has 1 N–H and O–H groups in total. The van der Waals surface area contributed by atoms with Gasteiger partial charge in [0.2, 0.25) is 0 Å². The van der Waals surface area contributed by atoms with E-state index in [4.69, 9.17) is 11.6 Å². The molecular formula is C13H15BrClN3S. The minimum atomic E-state index is 0.0719. The maximum Gasteiger partial charge on any atom is 0.149 e. The lowest BCUT2D eigenvalue weighted by molar-refractivity contribution is 0.423. The van der Waals surface area contributed by atoms with Gasteiger partial charge in [-0.3, -0.25) is 0 Å². The molecule has 0 atom stereocenters. The molecule has 1 aromatic heterocycles. The Balaban J connectivity index is 2.19. The van der Waals surface area contributed by atoms with Gasteiger partial charge in [-0.2, -0.15) is 0 Å². The zero-order valence-corrected chi connectivity index (χ0v) is 14.2. The van der Waals surface area contributed by atoms with Crippen LogP contribution < -0.4 is 5.32 Å². The summed E-state index contributed by atoms with van der Waals surface area (Å²) in [7, 11) is 0. The van der Waals surface area contributed by atoms with E-state index in [1.807, 2.05) is 18.2 Å². The molecule has 0 fully saturated rings. The first-order valence-electron chi connectivity index (χ1n) is 5.88. The minimum Gasteiger partial charge on any atom is -0.306 e. The molecule has 3 nitrogen and oxygen atoms in total. The normalized spacial score (nSPS) is 11.8. The van der Waals surface area contributed by atoms with Crippen LogP contribution in [0.25, 0.3) is 10.6 Å². The van der Waals surface area contributed by atoms with Crippen LogP contribution in [0.4, 0.5) is 0 Å². The lowest BCUT2D eigenvalue weighted by Gasteiger charge is -2.19. The van der Waals surface area contributed by atoms with Crippen molar-refractivity contribution in [2.45, 2.75) is 32.9 Å². The fraction of sp³-hybridized carbons (Fsp3) is 0.385. The number of rotatable bonds is 3. The van der Waals surface area contributed by atoms with Crippen LogP contribution in [0.1, 0.15) is 25.8 Å². The van der Waals surface area contributed by atoms with Gasteiger partial charge in [-0.1, -0.05) is 38.9 Å². The fourth-order valence-corrected chi connectivity index (χ4v) is 2.98. The van der Waals surface area contributed by atoms with Crippen molar-refractivity contribution in [1.82, 2.24) is 15.5 Å². The van der Waals surface area contributed by atoms with E-state index < -0.39 is 0 Å². The first-order chi connectivity index (χ1) is 8.85. The molecule has 6 heteroatoms. The Morgan fingerprint density at radius 1 is 1.32 bits per heavy atom. The zero-order valence-electron chi connectivity index (χ0n) is 11.0. The monoisotopic (exact) mass is 359 g/mol. The maximum atomic E-state index is 6.02. The molecule has 102 valence electrons. The lowest BCUT2D eigenvalue weighted by Crippen LogP contribution is -2.35. The minimum absolute atomic E-state index is 0.0719. The highest BCUT2D eigenvalue weighted by atomic mass is 79.9. The van der Waals surface area contributed by atoms with Crippen LogP contribution in [0.2, 0.25) is 5.02 Å². The van der Waals surface area contributed by atoms with Crippen LogP contribution in [0, 0.1) is 0 Å². The molecule has 1 heterocycles. The summed E-state index contributed by atoms with van der Waals surface area (Å²) >= 11 is 11.1. The Labute approximate surface area is 130 Å². The Morgan fingerprint density at radius 3 is 2.74 bits per heavy atom. The Bertz CT molecular complexity index is 578. The number of benzene rings is 1. The highest BCUT2D eigenvalue weighted by Crippen LogP contribution is 2.32. The van der Waals surface area contributed by atoms with Crippen molar-refractivity contribution in [2.24, 2.45) is 0 Å². The van der Waals surface area contributed by atoms with Crippen LogP contribution in [0.15, 0.2) is 22.7 Å². The summed E-state index contributed by atoms with van der Waals surface area (Å²) in [6.07, 6.45) is 0. The van der Waals surface area contributed by atoms with Crippen LogP contribution in [-0.2, 0) is 6.54 Å². The largest absolute Gasteiger partial charge is 0.306 e. The van der Waals surface area contributed by atoms with Gasteiger partial charge in [0.15, 0.2) is 0 Å². The molecule has 19 heavy (non-hydrogen) atoms. The second kappa shape index (κ2) is 5.87. The molecule has 2 rings (SSSR count). The van der Waals surface area contributed by atoms with Crippen molar-refractivity contribution in [2.75, 3.05) is 0 Å². The molecule has 2 aromatic rings. The molecule has 0 aliphatic carbocycles. The number of hydrogen-bond acceptors (Lipinski definition) is 4. The second-order valence-corrected chi connectivity index (χ2v) is 7.58. The summed E-state index contributed by atoms with van der Waals surface area (Å²) in [4.78, 5) is 0. The van der Waals surface area contributed by atoms with Crippen LogP contribution in [-0.4, -0.2) is 15.7 Å². The molecule has 0 aliphatic rings. The first kappa shape index (κ1) is 14.9. The van der Waals surface area contributed by atoms with Gasteiger partial charge in [-0.15, -0.1) is 10.2 Å². The maximum absolute atomic E-state index is 6.02. The van der Waals surface area contributed by atoms with Crippen molar-refractivity contribution >= 4 is 38.9 Å². The number of halogens is 2. The zero-order chi connectivity index (χ0) is 14.0. The van der Waals surface area contributed by atoms with E-state index in [0.717, 1.165) is 26.6 Å². The third-order valence-electron chi connectivity index (χ3n) is 2.40. The molecule has 1 aromatic carbocycles. The molecule has 0 radical (unpaired) electrons. The van der Waals surface area contributed by atoms with Gasteiger partial charge in [0.25, 0.3) is 0 Å². The molecule has 0 saturated carbocycles. The molecule has 0 unspecified atom stereocenters. The van der Waals surface area contributed by atoms with E-state index >= 15 is 0 Å². The number of nitrogens with one attached hydrogen (secondary N) is 1. The number of nitrogens with zero attached hydrogens (tertiary/aromatic N) is 2. The fourth-order valence-electron chi connectivity index (χ4n) is 1.44. The summed E-state index contributed by atoms with van der Waals surface area (Å²) < 4.78 is 0.975. The molecular weight excluding hydrogens is 346 g/mol. The average Bonchev–Trinajstić information content (AvgIpc) is 2.77. The Morgan fingerprint density at radius 2 is 2.05 bits per heavy atom. The Kier molecular flexibility index (Phi) is 4.61. The third kappa shape index (κ3) is 4.24. The van der Waals surface area contributed by atoms with Crippen molar-refractivity contribution < 1.29 is 0 Å². The third-order valence-corrected chi connectivity index (χ3v) is 4.28. The van der Waals surface area contributed by atoms with Gasteiger partial charge in [0.1, 0.15) is 10.0 Å². The van der Waals surface area contributed by atoms with E-state index in [2.05, 4.69) is 52.2 Å². The van der Waals surface area contributed by atoms with Gasteiger partial charge in [0, 0.05) is 20.6 Å². The van der Waals surface area contributed by atoms with Crippen molar-refractivity contribution in [3.63, 3.8) is 0 Å². The topological polar surface area (TPSA) is 37.8 Å². The summed E-state index contributed by atoms with van der Waals surface area (Å²) in [5.41, 5.74) is 1.05. The van der Waals surface area contributed by atoms with Crippen molar-refractivity contribution in [3.05, 3.63) is 32.7 Å². The van der Waals surface area contributed by atoms with E-state index in [1.165, 1.54) is 0 Å². The predicted molar refractivity (Wildman–Crippen MR) is 84.6 cm³/mol. The van der Waals surface area contributed by atoms with Crippen LogP contribution in [0.5, 0.6) is 0 Å². The smallest absolute Gasteiger partial charge is 0.149 e. The summed E-state index contributed by atoms with van der Waals surface area (Å²) in [5.74, 6) is 0. The van der Waals surface area contributed by atoms with Gasteiger partial charge < -0.3 is 5.32 Å². The SMILES string of the molecule is CC(C)(C)NCc1nnc(-c2cc(Cl)ccc2Br)s1. The van der Waals surface area contributed by atoms with Crippen molar-refractivity contribution in [3.8, 4) is 10.6 Å². The average molecular weight is 361 g/mol. The van der Waals surface area contributed by atoms with E-state index in [0.29, 0.717) is 5.02 Å². The Hall–Kier alpha value is -0.490. The van der Waals surface area contributed by atoms with Crippen LogP contribution in [0.3, 0.4) is 0 Å². The van der Waals surface area contributed by atoms with E-state index in [1.54, 1.807) is 11.3 Å². The van der Waals surface area contributed by atoms with Crippen LogP contribution >= 0.6 is 38.9 Å². The summed E-state index contributed by atoms with van der Waals surface area (Å²) in [6, 6.07) is 5.66. The van der Waals surface area contributed by atoms with E-state index in [-0.39, 0.29) is 5.54 Å².